The van der Waals surface area contributed by atoms with Crippen molar-refractivity contribution < 1.29 is 8.42 Å². The van der Waals surface area contributed by atoms with Crippen LogP contribution in [0.1, 0.15) is 32.6 Å². The summed E-state index contributed by atoms with van der Waals surface area (Å²) >= 11 is 5.78. The van der Waals surface area contributed by atoms with Crippen molar-refractivity contribution >= 4 is 21.6 Å². The van der Waals surface area contributed by atoms with Crippen LogP contribution in [0, 0.1) is 0 Å². The van der Waals surface area contributed by atoms with Gasteiger partial charge < -0.3 is 0 Å². The van der Waals surface area contributed by atoms with Crippen LogP contribution in [0.3, 0.4) is 0 Å². The van der Waals surface area contributed by atoms with E-state index in [9.17, 15) is 8.42 Å². The van der Waals surface area contributed by atoms with Gasteiger partial charge in [0.15, 0.2) is 0 Å². The molecule has 0 N–H and O–H groups in total. The molecule has 3 nitrogen and oxygen atoms in total. The fourth-order valence-electron chi connectivity index (χ4n) is 1.87. The van der Waals surface area contributed by atoms with E-state index in [0.29, 0.717) is 18.8 Å². The minimum absolute atomic E-state index is 0.0296. The van der Waals surface area contributed by atoms with E-state index in [4.69, 9.17) is 11.6 Å². The van der Waals surface area contributed by atoms with Gasteiger partial charge in [-0.1, -0.05) is 13.3 Å². The molecule has 0 aliphatic carbocycles. The first-order valence-electron chi connectivity index (χ1n) is 5.17. The zero-order valence-electron chi connectivity index (χ0n) is 8.58. The van der Waals surface area contributed by atoms with E-state index in [1.165, 1.54) is 0 Å². The summed E-state index contributed by atoms with van der Waals surface area (Å²) in [5.41, 5.74) is 0. The third-order valence-corrected chi connectivity index (χ3v) is 5.05. The normalized spacial score (nSPS) is 25.1. The quantitative estimate of drug-likeness (QED) is 0.702. The Morgan fingerprint density at radius 3 is 2.71 bits per heavy atom. The Morgan fingerprint density at radius 2 is 2.14 bits per heavy atom. The van der Waals surface area contributed by atoms with Gasteiger partial charge in [-0.05, 0) is 19.3 Å². The van der Waals surface area contributed by atoms with Crippen molar-refractivity contribution in [3.8, 4) is 0 Å². The van der Waals surface area contributed by atoms with Gasteiger partial charge in [-0.15, -0.1) is 11.6 Å². The molecule has 1 atom stereocenters. The van der Waals surface area contributed by atoms with E-state index in [0.717, 1.165) is 19.3 Å². The third-order valence-electron chi connectivity index (χ3n) is 2.57. The van der Waals surface area contributed by atoms with Gasteiger partial charge in [0.2, 0.25) is 10.0 Å². The van der Waals surface area contributed by atoms with Gasteiger partial charge in [-0.3, -0.25) is 0 Å². The molecule has 0 spiro atoms. The summed E-state index contributed by atoms with van der Waals surface area (Å²) in [5.74, 6) is 0.670. The SMILES string of the molecule is CCCS(=O)(=O)N1CCCCC1CCl. The van der Waals surface area contributed by atoms with Crippen LogP contribution in [-0.4, -0.2) is 36.9 Å². The van der Waals surface area contributed by atoms with Crippen LogP contribution in [0.15, 0.2) is 0 Å². The van der Waals surface area contributed by atoms with Gasteiger partial charge >= 0.3 is 0 Å². The number of hydrogen-bond donors (Lipinski definition) is 0. The van der Waals surface area contributed by atoms with Crippen LogP contribution in [0.5, 0.6) is 0 Å². The van der Waals surface area contributed by atoms with Crippen LogP contribution in [0.2, 0.25) is 0 Å². The molecular formula is C9H18ClNO2S. The highest BCUT2D eigenvalue weighted by Gasteiger charge is 2.30. The van der Waals surface area contributed by atoms with E-state index in [1.807, 2.05) is 6.92 Å². The molecule has 0 saturated carbocycles. The number of rotatable bonds is 4. The van der Waals surface area contributed by atoms with Gasteiger partial charge in [0.05, 0.1) is 5.75 Å². The smallest absolute Gasteiger partial charge is 0.212 e. The highest BCUT2D eigenvalue weighted by molar-refractivity contribution is 7.89. The van der Waals surface area contributed by atoms with E-state index in [-0.39, 0.29) is 11.8 Å². The molecule has 1 saturated heterocycles. The number of hydrogen-bond acceptors (Lipinski definition) is 2. The Labute approximate surface area is 91.5 Å². The van der Waals surface area contributed by atoms with Crippen molar-refractivity contribution in [2.24, 2.45) is 0 Å². The Balaban J connectivity index is 2.72. The Morgan fingerprint density at radius 1 is 1.43 bits per heavy atom. The summed E-state index contributed by atoms with van der Waals surface area (Å²) in [5, 5.41) is 0. The Kier molecular flexibility index (Phi) is 4.67. The summed E-state index contributed by atoms with van der Waals surface area (Å²) in [7, 11) is -3.05. The van der Waals surface area contributed by atoms with Gasteiger partial charge in [0.1, 0.15) is 0 Å². The zero-order valence-corrected chi connectivity index (χ0v) is 10.1. The van der Waals surface area contributed by atoms with E-state index in [2.05, 4.69) is 0 Å². The van der Waals surface area contributed by atoms with E-state index >= 15 is 0 Å². The van der Waals surface area contributed by atoms with Gasteiger partial charge in [-0.25, -0.2) is 8.42 Å². The molecule has 1 fully saturated rings. The number of nitrogens with zero attached hydrogens (tertiary/aromatic N) is 1. The first-order valence-corrected chi connectivity index (χ1v) is 7.31. The summed E-state index contributed by atoms with van der Waals surface area (Å²) in [6.07, 6.45) is 3.64. The monoisotopic (exact) mass is 239 g/mol. The molecule has 0 radical (unpaired) electrons. The van der Waals surface area contributed by atoms with Crippen molar-refractivity contribution in [1.29, 1.82) is 0 Å². The molecule has 1 rings (SSSR count). The molecule has 5 heteroatoms. The maximum atomic E-state index is 11.8. The highest BCUT2D eigenvalue weighted by Crippen LogP contribution is 2.21. The molecule has 1 aliphatic rings. The molecule has 1 unspecified atom stereocenters. The second-order valence-electron chi connectivity index (χ2n) is 3.73. The van der Waals surface area contributed by atoms with Crippen molar-refractivity contribution in [2.75, 3.05) is 18.2 Å². The fraction of sp³-hybridized carbons (Fsp3) is 1.00. The third kappa shape index (κ3) is 2.84. The molecule has 84 valence electrons. The average Bonchev–Trinajstić information content (AvgIpc) is 2.18. The number of sulfonamides is 1. The molecular weight excluding hydrogens is 222 g/mol. The van der Waals surface area contributed by atoms with Crippen molar-refractivity contribution in [2.45, 2.75) is 38.6 Å². The maximum Gasteiger partial charge on any atom is 0.214 e. The van der Waals surface area contributed by atoms with E-state index < -0.39 is 10.0 Å². The lowest BCUT2D eigenvalue weighted by Crippen LogP contribution is -2.45. The highest BCUT2D eigenvalue weighted by atomic mass is 35.5. The maximum absolute atomic E-state index is 11.8. The summed E-state index contributed by atoms with van der Waals surface area (Å²) in [6, 6.07) is 0.0296. The number of piperidine rings is 1. The largest absolute Gasteiger partial charge is 0.214 e. The summed E-state index contributed by atoms with van der Waals surface area (Å²) < 4.78 is 25.2. The van der Waals surface area contributed by atoms with Crippen LogP contribution in [0.4, 0.5) is 0 Å². The molecule has 0 aromatic carbocycles. The van der Waals surface area contributed by atoms with E-state index in [1.54, 1.807) is 4.31 Å². The minimum atomic E-state index is -3.05. The Bertz CT molecular complexity index is 266. The predicted molar refractivity (Wildman–Crippen MR) is 59.1 cm³/mol. The lowest BCUT2D eigenvalue weighted by Gasteiger charge is -2.33. The molecule has 1 heterocycles. The fourth-order valence-corrected chi connectivity index (χ4v) is 4.06. The molecule has 0 bridgehead atoms. The van der Waals surface area contributed by atoms with Gasteiger partial charge in [0, 0.05) is 18.5 Å². The average molecular weight is 240 g/mol. The first kappa shape index (κ1) is 12.3. The molecule has 14 heavy (non-hydrogen) atoms. The lowest BCUT2D eigenvalue weighted by molar-refractivity contribution is 0.271. The molecule has 0 amide bonds. The summed E-state index contributed by atoms with van der Waals surface area (Å²) in [6.45, 7) is 2.54. The second kappa shape index (κ2) is 5.33. The van der Waals surface area contributed by atoms with Crippen LogP contribution in [-0.2, 0) is 10.0 Å². The van der Waals surface area contributed by atoms with Crippen molar-refractivity contribution in [3.05, 3.63) is 0 Å². The molecule has 1 aliphatic heterocycles. The number of alkyl halides is 1. The van der Waals surface area contributed by atoms with Crippen molar-refractivity contribution in [1.82, 2.24) is 4.31 Å². The number of halogens is 1. The standard InChI is InChI=1S/C9H18ClNO2S/c1-2-7-14(12,13)11-6-4-3-5-9(11)8-10/h9H,2-8H2,1H3. The van der Waals surface area contributed by atoms with Crippen LogP contribution >= 0.6 is 11.6 Å². The van der Waals surface area contributed by atoms with Crippen molar-refractivity contribution in [3.63, 3.8) is 0 Å². The van der Waals surface area contributed by atoms with Gasteiger partial charge in [-0.2, -0.15) is 4.31 Å². The van der Waals surface area contributed by atoms with Gasteiger partial charge in [0.25, 0.3) is 0 Å². The molecule has 0 aromatic heterocycles. The Hall–Kier alpha value is 0.200. The zero-order chi connectivity index (χ0) is 10.6. The first-order chi connectivity index (χ1) is 6.61. The minimum Gasteiger partial charge on any atom is -0.212 e. The second-order valence-corrected chi connectivity index (χ2v) is 6.08. The van der Waals surface area contributed by atoms with Crippen LogP contribution < -0.4 is 0 Å². The summed E-state index contributed by atoms with van der Waals surface area (Å²) in [4.78, 5) is 0. The molecule has 0 aromatic rings. The topological polar surface area (TPSA) is 37.4 Å². The predicted octanol–water partition coefficient (Wildman–Crippen LogP) is 1.82. The van der Waals surface area contributed by atoms with Crippen LogP contribution in [0.25, 0.3) is 0 Å². The lowest BCUT2D eigenvalue weighted by atomic mass is 10.1.